The zero-order chi connectivity index (χ0) is 14.6. The first-order chi connectivity index (χ1) is 9.76. The van der Waals surface area contributed by atoms with Gasteiger partial charge in [0.2, 0.25) is 0 Å². The molecule has 126 valence electrons. The third-order valence-corrected chi connectivity index (χ3v) is 3.52. The average molecular weight is 412 g/mol. The maximum Gasteiger partial charge on any atom is 0.191 e. The Balaban J connectivity index is 0.00000400. The number of nitrogens with one attached hydrogen (secondary N) is 2. The zero-order valence-electron chi connectivity index (χ0n) is 13.9. The summed E-state index contributed by atoms with van der Waals surface area (Å²) in [7, 11) is 3.90. The fourth-order valence-corrected chi connectivity index (χ4v) is 2.06. The lowest BCUT2D eigenvalue weighted by atomic mass is 10.3. The fourth-order valence-electron chi connectivity index (χ4n) is 2.06. The predicted molar refractivity (Wildman–Crippen MR) is 101 cm³/mol. The Hall–Kier alpha value is -0.0800. The standard InChI is InChI=1S/C15H32N4O.HI/c1-4-16-15(17-9-8-14-6-7-14)18-10-12-19(2)11-5-13-20-3;/h14H,4-13H2,1-3H3,(H2,16,17,18);1H. The van der Waals surface area contributed by atoms with Crippen molar-refractivity contribution in [1.29, 1.82) is 0 Å². The van der Waals surface area contributed by atoms with E-state index < -0.39 is 0 Å². The zero-order valence-corrected chi connectivity index (χ0v) is 16.2. The van der Waals surface area contributed by atoms with E-state index in [9.17, 15) is 0 Å². The molecule has 1 fully saturated rings. The summed E-state index contributed by atoms with van der Waals surface area (Å²) in [5.41, 5.74) is 0. The highest BCUT2D eigenvalue weighted by molar-refractivity contribution is 14.0. The Kier molecular flexibility index (Phi) is 13.5. The van der Waals surface area contributed by atoms with Crippen molar-refractivity contribution in [2.45, 2.75) is 32.6 Å². The molecular weight excluding hydrogens is 379 g/mol. The van der Waals surface area contributed by atoms with Crippen LogP contribution in [-0.4, -0.2) is 64.3 Å². The maximum absolute atomic E-state index is 5.06. The summed E-state index contributed by atoms with van der Waals surface area (Å²) in [6.45, 7) is 7.83. The van der Waals surface area contributed by atoms with E-state index in [4.69, 9.17) is 4.74 Å². The summed E-state index contributed by atoms with van der Waals surface area (Å²) < 4.78 is 5.06. The summed E-state index contributed by atoms with van der Waals surface area (Å²) in [6, 6.07) is 0. The number of halogens is 1. The molecule has 0 bridgehead atoms. The summed E-state index contributed by atoms with van der Waals surface area (Å²) in [5, 5.41) is 6.71. The molecule has 0 spiro atoms. The number of likely N-dealkylation sites (N-methyl/N-ethyl adjacent to an activating group) is 1. The van der Waals surface area contributed by atoms with Crippen molar-refractivity contribution < 1.29 is 4.74 Å². The van der Waals surface area contributed by atoms with Gasteiger partial charge in [0.1, 0.15) is 0 Å². The molecule has 0 aromatic rings. The summed E-state index contributed by atoms with van der Waals surface area (Å²) in [4.78, 5) is 6.94. The van der Waals surface area contributed by atoms with Gasteiger partial charge in [-0.3, -0.25) is 4.99 Å². The van der Waals surface area contributed by atoms with E-state index in [2.05, 4.69) is 34.5 Å². The minimum Gasteiger partial charge on any atom is -0.385 e. The van der Waals surface area contributed by atoms with Gasteiger partial charge in [-0.25, -0.2) is 0 Å². The van der Waals surface area contributed by atoms with E-state index in [1.807, 2.05) is 0 Å². The minimum absolute atomic E-state index is 0. The van der Waals surface area contributed by atoms with Gasteiger partial charge < -0.3 is 20.3 Å². The molecule has 0 aliphatic heterocycles. The van der Waals surface area contributed by atoms with Crippen LogP contribution in [0.3, 0.4) is 0 Å². The van der Waals surface area contributed by atoms with Crippen molar-refractivity contribution in [3.63, 3.8) is 0 Å². The highest BCUT2D eigenvalue weighted by atomic mass is 127. The molecule has 0 aromatic heterocycles. The molecule has 0 heterocycles. The van der Waals surface area contributed by atoms with Crippen molar-refractivity contribution >= 4 is 29.9 Å². The van der Waals surface area contributed by atoms with E-state index in [1.165, 1.54) is 19.3 Å². The summed E-state index contributed by atoms with van der Waals surface area (Å²) in [5.74, 6) is 1.91. The fraction of sp³-hybridized carbons (Fsp3) is 0.933. The van der Waals surface area contributed by atoms with E-state index in [0.717, 1.165) is 57.6 Å². The molecule has 1 aliphatic carbocycles. The molecule has 21 heavy (non-hydrogen) atoms. The Bertz CT molecular complexity index is 272. The number of ether oxygens (including phenoxy) is 1. The Morgan fingerprint density at radius 2 is 2.05 bits per heavy atom. The highest BCUT2D eigenvalue weighted by Gasteiger charge is 2.20. The third-order valence-electron chi connectivity index (χ3n) is 3.52. The minimum atomic E-state index is 0. The second kappa shape index (κ2) is 13.6. The van der Waals surface area contributed by atoms with Crippen molar-refractivity contribution in [2.24, 2.45) is 10.9 Å². The van der Waals surface area contributed by atoms with Crippen LogP contribution in [0.4, 0.5) is 0 Å². The molecule has 0 aromatic carbocycles. The van der Waals surface area contributed by atoms with E-state index in [1.54, 1.807) is 7.11 Å². The van der Waals surface area contributed by atoms with Crippen molar-refractivity contribution in [3.05, 3.63) is 0 Å². The number of hydrogen-bond acceptors (Lipinski definition) is 3. The van der Waals surface area contributed by atoms with E-state index >= 15 is 0 Å². The van der Waals surface area contributed by atoms with Crippen molar-refractivity contribution in [3.8, 4) is 0 Å². The van der Waals surface area contributed by atoms with Crippen LogP contribution < -0.4 is 10.6 Å². The van der Waals surface area contributed by atoms with Gasteiger partial charge >= 0.3 is 0 Å². The third kappa shape index (κ3) is 12.2. The molecule has 5 nitrogen and oxygen atoms in total. The first-order valence-electron chi connectivity index (χ1n) is 7.96. The smallest absolute Gasteiger partial charge is 0.191 e. The molecule has 1 saturated carbocycles. The van der Waals surface area contributed by atoms with Crippen molar-refractivity contribution in [2.75, 3.05) is 53.5 Å². The van der Waals surface area contributed by atoms with Crippen LogP contribution in [0.1, 0.15) is 32.6 Å². The lowest BCUT2D eigenvalue weighted by Crippen LogP contribution is -2.41. The van der Waals surface area contributed by atoms with Gasteiger partial charge in [-0.2, -0.15) is 0 Å². The van der Waals surface area contributed by atoms with Crippen LogP contribution in [-0.2, 0) is 4.74 Å². The monoisotopic (exact) mass is 412 g/mol. The maximum atomic E-state index is 5.06. The lowest BCUT2D eigenvalue weighted by molar-refractivity contribution is 0.180. The highest BCUT2D eigenvalue weighted by Crippen LogP contribution is 2.31. The van der Waals surface area contributed by atoms with Gasteiger partial charge in [0.15, 0.2) is 5.96 Å². The van der Waals surface area contributed by atoms with E-state index in [-0.39, 0.29) is 24.0 Å². The van der Waals surface area contributed by atoms with Crippen LogP contribution in [0.5, 0.6) is 0 Å². The average Bonchev–Trinajstić information content (AvgIpc) is 3.23. The number of nitrogens with zero attached hydrogens (tertiary/aromatic N) is 2. The van der Waals surface area contributed by atoms with Crippen LogP contribution in [0.2, 0.25) is 0 Å². The summed E-state index contributed by atoms with van der Waals surface area (Å²) in [6.07, 6.45) is 5.15. The predicted octanol–water partition coefficient (Wildman–Crippen LogP) is 1.93. The molecule has 0 atom stereocenters. The van der Waals surface area contributed by atoms with Gasteiger partial charge in [-0.05, 0) is 32.7 Å². The number of hydrogen-bond donors (Lipinski definition) is 2. The molecule has 0 unspecified atom stereocenters. The Morgan fingerprint density at radius 1 is 1.29 bits per heavy atom. The van der Waals surface area contributed by atoms with Crippen LogP contribution >= 0.6 is 24.0 Å². The topological polar surface area (TPSA) is 48.9 Å². The lowest BCUT2D eigenvalue weighted by Gasteiger charge is -2.18. The van der Waals surface area contributed by atoms with Crippen LogP contribution in [0.25, 0.3) is 0 Å². The van der Waals surface area contributed by atoms with Gasteiger partial charge in [-0.15, -0.1) is 24.0 Å². The molecule has 0 saturated heterocycles. The second-order valence-electron chi connectivity index (χ2n) is 5.57. The van der Waals surface area contributed by atoms with Gasteiger partial charge in [0.25, 0.3) is 0 Å². The van der Waals surface area contributed by atoms with Crippen molar-refractivity contribution in [1.82, 2.24) is 15.5 Å². The van der Waals surface area contributed by atoms with Gasteiger partial charge in [0, 0.05) is 46.4 Å². The normalized spacial score (nSPS) is 15.0. The molecule has 2 N–H and O–H groups in total. The SMILES string of the molecule is CCNC(=NCCC1CC1)NCCN(C)CCCOC.I. The quantitative estimate of drug-likeness (QED) is 0.236. The first kappa shape index (κ1) is 20.9. The number of aliphatic imine (C=N–C) groups is 1. The number of guanidine groups is 1. The van der Waals surface area contributed by atoms with Crippen LogP contribution in [0.15, 0.2) is 4.99 Å². The van der Waals surface area contributed by atoms with Gasteiger partial charge in [0.05, 0.1) is 0 Å². The molecule has 0 amide bonds. The Labute approximate surface area is 147 Å². The molecule has 1 aliphatic rings. The van der Waals surface area contributed by atoms with E-state index in [0.29, 0.717) is 0 Å². The Morgan fingerprint density at radius 3 is 2.67 bits per heavy atom. The largest absolute Gasteiger partial charge is 0.385 e. The second-order valence-corrected chi connectivity index (χ2v) is 5.57. The molecule has 0 radical (unpaired) electrons. The van der Waals surface area contributed by atoms with Crippen LogP contribution in [0, 0.1) is 5.92 Å². The van der Waals surface area contributed by atoms with Gasteiger partial charge in [-0.1, -0.05) is 12.8 Å². The molecule has 1 rings (SSSR count). The molecular formula is C15H33IN4O. The first-order valence-corrected chi connectivity index (χ1v) is 7.96. The number of rotatable bonds is 11. The molecule has 6 heteroatoms. The number of methoxy groups -OCH3 is 1. The summed E-state index contributed by atoms with van der Waals surface area (Å²) >= 11 is 0.